The summed E-state index contributed by atoms with van der Waals surface area (Å²) in [5.74, 6) is 0. The Morgan fingerprint density at radius 1 is 0.680 bits per heavy atom. The lowest BCUT2D eigenvalue weighted by Crippen LogP contribution is -1.87. The third kappa shape index (κ3) is 2.53. The standard InChI is InChI=1S/C22H14N2S/c1-2-8-17(9-3-1)25-22-12-21-20(13-23-14-24-21)18-10-15-6-4-5-7-16(15)11-19(18)22/h1-14H. The molecule has 0 radical (unpaired) electrons. The van der Waals surface area contributed by atoms with Crippen molar-refractivity contribution in [3.05, 3.63) is 85.3 Å². The van der Waals surface area contributed by atoms with Gasteiger partial charge in [-0.25, -0.2) is 9.97 Å². The van der Waals surface area contributed by atoms with E-state index in [1.807, 2.05) is 12.3 Å². The van der Waals surface area contributed by atoms with Gasteiger partial charge in [0.25, 0.3) is 0 Å². The van der Waals surface area contributed by atoms with Gasteiger partial charge in [-0.2, -0.15) is 0 Å². The van der Waals surface area contributed by atoms with Gasteiger partial charge in [0.15, 0.2) is 0 Å². The predicted octanol–water partition coefficient (Wildman–Crippen LogP) is 6.09. The second kappa shape index (κ2) is 5.87. The Bertz CT molecular complexity index is 1220. The van der Waals surface area contributed by atoms with E-state index in [0.29, 0.717) is 0 Å². The van der Waals surface area contributed by atoms with Crippen molar-refractivity contribution in [2.75, 3.05) is 0 Å². The van der Waals surface area contributed by atoms with Crippen LogP contribution in [0, 0.1) is 0 Å². The molecule has 0 N–H and O–H groups in total. The summed E-state index contributed by atoms with van der Waals surface area (Å²) in [4.78, 5) is 11.2. The van der Waals surface area contributed by atoms with Crippen LogP contribution in [0.1, 0.15) is 0 Å². The van der Waals surface area contributed by atoms with Gasteiger partial charge in [-0.3, -0.25) is 0 Å². The molecule has 0 aliphatic heterocycles. The Morgan fingerprint density at radius 3 is 2.20 bits per heavy atom. The topological polar surface area (TPSA) is 25.8 Å². The molecule has 0 bridgehead atoms. The number of rotatable bonds is 2. The zero-order valence-electron chi connectivity index (χ0n) is 13.4. The number of hydrogen-bond acceptors (Lipinski definition) is 3. The molecule has 0 saturated carbocycles. The van der Waals surface area contributed by atoms with E-state index in [9.17, 15) is 0 Å². The van der Waals surface area contributed by atoms with Gasteiger partial charge in [-0.15, -0.1) is 0 Å². The third-order valence-electron chi connectivity index (χ3n) is 4.42. The first-order chi connectivity index (χ1) is 12.4. The Hall–Kier alpha value is -2.91. The summed E-state index contributed by atoms with van der Waals surface area (Å²) in [5, 5.41) is 6.04. The SMILES string of the molecule is c1ccc(Sc2cc3ncncc3c3cc4ccccc4cc23)cc1. The highest BCUT2D eigenvalue weighted by atomic mass is 32.2. The van der Waals surface area contributed by atoms with Crippen molar-refractivity contribution < 1.29 is 0 Å². The van der Waals surface area contributed by atoms with Gasteiger partial charge in [0.1, 0.15) is 6.33 Å². The lowest BCUT2D eigenvalue weighted by Gasteiger charge is -2.11. The zero-order chi connectivity index (χ0) is 16.6. The number of aromatic nitrogens is 2. The molecular weight excluding hydrogens is 324 g/mol. The van der Waals surface area contributed by atoms with Crippen molar-refractivity contribution in [2.45, 2.75) is 9.79 Å². The monoisotopic (exact) mass is 338 g/mol. The molecule has 0 aliphatic rings. The fourth-order valence-corrected chi connectivity index (χ4v) is 4.23. The van der Waals surface area contributed by atoms with Crippen LogP contribution in [0.5, 0.6) is 0 Å². The van der Waals surface area contributed by atoms with Gasteiger partial charge in [-0.1, -0.05) is 54.2 Å². The molecule has 0 spiro atoms. The smallest absolute Gasteiger partial charge is 0.116 e. The van der Waals surface area contributed by atoms with Crippen molar-refractivity contribution in [1.29, 1.82) is 0 Å². The molecule has 0 saturated heterocycles. The minimum atomic E-state index is 0.983. The minimum absolute atomic E-state index is 0.983. The number of fused-ring (bicyclic) bond motifs is 4. The van der Waals surface area contributed by atoms with E-state index < -0.39 is 0 Å². The molecule has 0 fully saturated rings. The predicted molar refractivity (Wildman–Crippen MR) is 105 cm³/mol. The molecule has 0 atom stereocenters. The fraction of sp³-hybridized carbons (Fsp3) is 0. The summed E-state index contributed by atoms with van der Waals surface area (Å²) in [6.07, 6.45) is 3.53. The van der Waals surface area contributed by atoms with Crippen LogP contribution in [0.25, 0.3) is 32.4 Å². The normalized spacial score (nSPS) is 11.4. The quantitative estimate of drug-likeness (QED) is 0.288. The lowest BCUT2D eigenvalue weighted by molar-refractivity contribution is 1.22. The first-order valence-electron chi connectivity index (χ1n) is 8.17. The summed E-state index contributed by atoms with van der Waals surface area (Å²) in [6, 6.07) is 25.7. The fourth-order valence-electron chi connectivity index (χ4n) is 3.23. The highest BCUT2D eigenvalue weighted by Gasteiger charge is 2.10. The second-order valence-corrected chi connectivity index (χ2v) is 7.11. The number of benzene rings is 4. The maximum atomic E-state index is 4.49. The van der Waals surface area contributed by atoms with Gasteiger partial charge in [-0.05, 0) is 51.9 Å². The molecule has 1 aromatic heterocycles. The molecule has 1 heterocycles. The zero-order valence-corrected chi connectivity index (χ0v) is 14.2. The summed E-state index contributed by atoms with van der Waals surface area (Å²) < 4.78 is 0. The summed E-state index contributed by atoms with van der Waals surface area (Å²) in [6.45, 7) is 0. The molecule has 5 rings (SSSR count). The molecule has 3 heteroatoms. The summed E-state index contributed by atoms with van der Waals surface area (Å²) in [7, 11) is 0. The van der Waals surface area contributed by atoms with E-state index in [4.69, 9.17) is 0 Å². The van der Waals surface area contributed by atoms with Crippen molar-refractivity contribution in [1.82, 2.24) is 9.97 Å². The Labute approximate surface area is 149 Å². The molecule has 0 aliphatic carbocycles. The maximum Gasteiger partial charge on any atom is 0.116 e. The summed E-state index contributed by atoms with van der Waals surface area (Å²) >= 11 is 1.78. The first-order valence-corrected chi connectivity index (χ1v) is 8.98. The van der Waals surface area contributed by atoms with E-state index in [1.165, 1.54) is 31.3 Å². The average molecular weight is 338 g/mol. The van der Waals surface area contributed by atoms with Crippen molar-refractivity contribution in [2.24, 2.45) is 0 Å². The summed E-state index contributed by atoms with van der Waals surface area (Å²) in [5.41, 5.74) is 0.983. The lowest BCUT2D eigenvalue weighted by atomic mass is 10.0. The van der Waals surface area contributed by atoms with E-state index >= 15 is 0 Å². The molecule has 25 heavy (non-hydrogen) atoms. The Balaban J connectivity index is 1.86. The first kappa shape index (κ1) is 14.4. The largest absolute Gasteiger partial charge is 0.244 e. The molecule has 118 valence electrons. The van der Waals surface area contributed by atoms with Gasteiger partial charge >= 0.3 is 0 Å². The Morgan fingerprint density at radius 2 is 1.40 bits per heavy atom. The maximum absolute atomic E-state index is 4.49. The highest BCUT2D eigenvalue weighted by molar-refractivity contribution is 7.99. The second-order valence-electron chi connectivity index (χ2n) is 5.99. The van der Waals surface area contributed by atoms with E-state index in [-0.39, 0.29) is 0 Å². The molecule has 4 aromatic carbocycles. The van der Waals surface area contributed by atoms with Crippen LogP contribution < -0.4 is 0 Å². The van der Waals surface area contributed by atoms with Crippen LogP contribution >= 0.6 is 11.8 Å². The van der Waals surface area contributed by atoms with E-state index in [2.05, 4.69) is 76.7 Å². The van der Waals surface area contributed by atoms with Crippen molar-refractivity contribution >= 4 is 44.2 Å². The van der Waals surface area contributed by atoms with Crippen LogP contribution in [0.2, 0.25) is 0 Å². The highest BCUT2D eigenvalue weighted by Crippen LogP contribution is 2.38. The van der Waals surface area contributed by atoms with Crippen LogP contribution in [0.15, 0.2) is 95.1 Å². The number of nitrogens with zero attached hydrogens (tertiary/aromatic N) is 2. The minimum Gasteiger partial charge on any atom is -0.244 e. The van der Waals surface area contributed by atoms with E-state index in [0.717, 1.165) is 10.9 Å². The van der Waals surface area contributed by atoms with Crippen LogP contribution in [-0.4, -0.2) is 9.97 Å². The van der Waals surface area contributed by atoms with Gasteiger partial charge in [0.2, 0.25) is 0 Å². The molecule has 0 unspecified atom stereocenters. The molecule has 5 aromatic rings. The van der Waals surface area contributed by atoms with Crippen molar-refractivity contribution in [3.8, 4) is 0 Å². The van der Waals surface area contributed by atoms with Gasteiger partial charge < -0.3 is 0 Å². The average Bonchev–Trinajstić information content (AvgIpc) is 2.68. The van der Waals surface area contributed by atoms with Gasteiger partial charge in [0.05, 0.1) is 5.52 Å². The van der Waals surface area contributed by atoms with Crippen molar-refractivity contribution in [3.63, 3.8) is 0 Å². The van der Waals surface area contributed by atoms with Gasteiger partial charge in [0, 0.05) is 21.4 Å². The van der Waals surface area contributed by atoms with Crippen LogP contribution in [-0.2, 0) is 0 Å². The van der Waals surface area contributed by atoms with E-state index in [1.54, 1.807) is 18.1 Å². The molecule has 0 amide bonds. The molecular formula is C22H14N2S. The van der Waals surface area contributed by atoms with Crippen LogP contribution in [0.3, 0.4) is 0 Å². The number of hydrogen-bond donors (Lipinski definition) is 0. The van der Waals surface area contributed by atoms with Crippen LogP contribution in [0.4, 0.5) is 0 Å². The molecule has 2 nitrogen and oxygen atoms in total. The third-order valence-corrected chi connectivity index (χ3v) is 5.49. The Kier molecular flexibility index (Phi) is 3.39.